The third-order valence-electron chi connectivity index (χ3n) is 2.87. The highest BCUT2D eigenvalue weighted by atomic mass is 16.4. The van der Waals surface area contributed by atoms with Crippen molar-refractivity contribution in [2.24, 2.45) is 5.92 Å². The Morgan fingerprint density at radius 1 is 1.29 bits per heavy atom. The van der Waals surface area contributed by atoms with Gasteiger partial charge in [0.05, 0.1) is 0 Å². The molecule has 0 aromatic heterocycles. The van der Waals surface area contributed by atoms with E-state index in [9.17, 15) is 14.7 Å². The molecule has 0 fully saturated rings. The van der Waals surface area contributed by atoms with Crippen molar-refractivity contribution in [3.63, 3.8) is 0 Å². The molecule has 1 rings (SSSR count). The molecule has 0 aliphatic heterocycles. The van der Waals surface area contributed by atoms with Crippen LogP contribution in [0.3, 0.4) is 0 Å². The van der Waals surface area contributed by atoms with E-state index in [2.05, 4.69) is 0 Å². The highest BCUT2D eigenvalue weighted by molar-refractivity contribution is 5.93. The smallest absolute Gasteiger partial charge is 0.325 e. The first-order chi connectivity index (χ1) is 9.85. The lowest BCUT2D eigenvalue weighted by atomic mass is 10.2. The molecular weight excluding hydrogens is 272 g/mol. The second-order valence-electron chi connectivity index (χ2n) is 5.21. The predicted molar refractivity (Wildman–Crippen MR) is 80.6 cm³/mol. The molecule has 0 bridgehead atoms. The van der Waals surface area contributed by atoms with Gasteiger partial charge < -0.3 is 15.1 Å². The van der Waals surface area contributed by atoms with Gasteiger partial charge >= 0.3 is 12.0 Å². The summed E-state index contributed by atoms with van der Waals surface area (Å²) in [6.07, 6.45) is 0. The van der Waals surface area contributed by atoms with Gasteiger partial charge in [0.15, 0.2) is 0 Å². The zero-order chi connectivity index (χ0) is 16.0. The second kappa shape index (κ2) is 7.52. The van der Waals surface area contributed by atoms with Gasteiger partial charge in [-0.25, -0.2) is 4.79 Å². The molecule has 21 heavy (non-hydrogen) atoms. The number of rotatable bonds is 6. The first kappa shape index (κ1) is 16.8. The lowest BCUT2D eigenvalue weighted by molar-refractivity contribution is -0.137. The number of amides is 2. The lowest BCUT2D eigenvalue weighted by Crippen LogP contribution is -2.47. The van der Waals surface area contributed by atoms with Gasteiger partial charge in [-0.2, -0.15) is 0 Å². The standard InChI is InChI=1S/C15H22N2O4/c1-4-17(12-6-5-7-13(18)8-12)15(21)16(9-11(2)3)10-14(19)20/h5-8,11,18H,4,9-10H2,1-3H3,(H,19,20). The molecule has 0 saturated carbocycles. The lowest BCUT2D eigenvalue weighted by Gasteiger charge is -2.30. The summed E-state index contributed by atoms with van der Waals surface area (Å²) in [5.41, 5.74) is 0.543. The van der Waals surface area contributed by atoms with Crippen LogP contribution in [0, 0.1) is 5.92 Å². The van der Waals surface area contributed by atoms with Crippen LogP contribution in [0.15, 0.2) is 24.3 Å². The number of urea groups is 1. The average Bonchev–Trinajstić information content (AvgIpc) is 2.37. The molecule has 6 heteroatoms. The molecule has 0 atom stereocenters. The Morgan fingerprint density at radius 2 is 1.95 bits per heavy atom. The minimum absolute atomic E-state index is 0.0624. The number of carboxylic acid groups (broad SMARTS) is 1. The maximum atomic E-state index is 12.6. The summed E-state index contributed by atoms with van der Waals surface area (Å²) in [4.78, 5) is 26.3. The van der Waals surface area contributed by atoms with E-state index in [-0.39, 0.29) is 24.2 Å². The van der Waals surface area contributed by atoms with E-state index in [1.165, 1.54) is 21.9 Å². The Morgan fingerprint density at radius 3 is 2.43 bits per heavy atom. The molecule has 0 aliphatic rings. The maximum Gasteiger partial charge on any atom is 0.325 e. The minimum Gasteiger partial charge on any atom is -0.508 e. The molecule has 0 radical (unpaired) electrons. The third-order valence-corrected chi connectivity index (χ3v) is 2.87. The minimum atomic E-state index is -1.05. The zero-order valence-electron chi connectivity index (χ0n) is 12.6. The normalized spacial score (nSPS) is 10.5. The molecule has 0 aliphatic carbocycles. The van der Waals surface area contributed by atoms with Crippen molar-refractivity contribution in [3.8, 4) is 5.75 Å². The molecule has 0 spiro atoms. The van der Waals surface area contributed by atoms with Crippen molar-refractivity contribution in [3.05, 3.63) is 24.3 Å². The molecule has 0 heterocycles. The second-order valence-corrected chi connectivity index (χ2v) is 5.21. The number of benzene rings is 1. The molecule has 1 aromatic rings. The fourth-order valence-corrected chi connectivity index (χ4v) is 2.07. The van der Waals surface area contributed by atoms with Crippen LogP contribution < -0.4 is 4.90 Å². The van der Waals surface area contributed by atoms with Crippen LogP contribution in [0.25, 0.3) is 0 Å². The van der Waals surface area contributed by atoms with Crippen molar-refractivity contribution in [2.75, 3.05) is 24.5 Å². The van der Waals surface area contributed by atoms with E-state index >= 15 is 0 Å². The topological polar surface area (TPSA) is 81.1 Å². The highest BCUT2D eigenvalue weighted by Gasteiger charge is 2.24. The van der Waals surface area contributed by atoms with Crippen molar-refractivity contribution < 1.29 is 19.8 Å². The average molecular weight is 294 g/mol. The molecule has 1 aromatic carbocycles. The van der Waals surface area contributed by atoms with Crippen LogP contribution in [-0.4, -0.2) is 46.7 Å². The van der Waals surface area contributed by atoms with Gasteiger partial charge in [-0.05, 0) is 25.0 Å². The van der Waals surface area contributed by atoms with Gasteiger partial charge in [0.1, 0.15) is 12.3 Å². The predicted octanol–water partition coefficient (Wildman–Crippen LogP) is 2.38. The summed E-state index contributed by atoms with van der Waals surface area (Å²) >= 11 is 0. The number of carboxylic acids is 1. The summed E-state index contributed by atoms with van der Waals surface area (Å²) < 4.78 is 0. The van der Waals surface area contributed by atoms with Gasteiger partial charge in [-0.15, -0.1) is 0 Å². The van der Waals surface area contributed by atoms with Crippen LogP contribution in [0.5, 0.6) is 5.75 Å². The largest absolute Gasteiger partial charge is 0.508 e. The van der Waals surface area contributed by atoms with Crippen molar-refractivity contribution in [2.45, 2.75) is 20.8 Å². The third kappa shape index (κ3) is 4.98. The number of aliphatic carboxylic acids is 1. The summed E-state index contributed by atoms with van der Waals surface area (Å²) in [6, 6.07) is 5.97. The van der Waals surface area contributed by atoms with E-state index in [1.54, 1.807) is 19.1 Å². The molecule has 0 unspecified atom stereocenters. The number of phenols is 1. The van der Waals surface area contributed by atoms with Gasteiger partial charge in [0.25, 0.3) is 0 Å². The van der Waals surface area contributed by atoms with Gasteiger partial charge in [0, 0.05) is 24.8 Å². The summed E-state index contributed by atoms with van der Waals surface area (Å²) in [5.74, 6) is -0.820. The summed E-state index contributed by atoms with van der Waals surface area (Å²) in [5, 5.41) is 18.5. The molecular formula is C15H22N2O4. The van der Waals surface area contributed by atoms with E-state index in [0.29, 0.717) is 18.8 Å². The highest BCUT2D eigenvalue weighted by Crippen LogP contribution is 2.21. The summed E-state index contributed by atoms with van der Waals surface area (Å²) in [6.45, 7) is 6.05. The number of carbonyl (C=O) groups is 2. The Kier molecular flexibility index (Phi) is 6.02. The van der Waals surface area contributed by atoms with E-state index in [4.69, 9.17) is 5.11 Å². The first-order valence-corrected chi connectivity index (χ1v) is 6.92. The summed E-state index contributed by atoms with van der Waals surface area (Å²) in [7, 11) is 0. The number of nitrogens with zero attached hydrogens (tertiary/aromatic N) is 2. The molecule has 116 valence electrons. The Hall–Kier alpha value is -2.24. The van der Waals surface area contributed by atoms with Gasteiger partial charge in [0.2, 0.25) is 0 Å². The molecule has 6 nitrogen and oxygen atoms in total. The van der Waals surface area contributed by atoms with Crippen LogP contribution in [0.1, 0.15) is 20.8 Å². The Balaban J connectivity index is 3.00. The van der Waals surface area contributed by atoms with Crippen LogP contribution in [0.2, 0.25) is 0 Å². The SMILES string of the molecule is CCN(C(=O)N(CC(=O)O)CC(C)C)c1cccc(O)c1. The number of carbonyl (C=O) groups excluding carboxylic acids is 1. The maximum absolute atomic E-state index is 12.6. The number of hydrogen-bond donors (Lipinski definition) is 2. The molecule has 2 amide bonds. The van der Waals surface area contributed by atoms with E-state index in [1.807, 2.05) is 13.8 Å². The van der Waals surface area contributed by atoms with Crippen LogP contribution >= 0.6 is 0 Å². The van der Waals surface area contributed by atoms with E-state index < -0.39 is 5.97 Å². The fourth-order valence-electron chi connectivity index (χ4n) is 2.07. The monoisotopic (exact) mass is 294 g/mol. The van der Waals surface area contributed by atoms with Gasteiger partial charge in [-0.1, -0.05) is 19.9 Å². The van der Waals surface area contributed by atoms with Gasteiger partial charge in [-0.3, -0.25) is 9.69 Å². The van der Waals surface area contributed by atoms with E-state index in [0.717, 1.165) is 0 Å². The van der Waals surface area contributed by atoms with Crippen molar-refractivity contribution >= 4 is 17.7 Å². The van der Waals surface area contributed by atoms with Crippen LogP contribution in [0.4, 0.5) is 10.5 Å². The molecule has 0 saturated heterocycles. The Labute approximate surface area is 124 Å². The number of aromatic hydroxyl groups is 1. The van der Waals surface area contributed by atoms with Crippen molar-refractivity contribution in [1.82, 2.24) is 4.90 Å². The number of phenolic OH excluding ortho intramolecular Hbond substituents is 1. The number of anilines is 1. The number of hydrogen-bond acceptors (Lipinski definition) is 3. The van der Waals surface area contributed by atoms with Crippen LogP contribution in [-0.2, 0) is 4.79 Å². The first-order valence-electron chi connectivity index (χ1n) is 6.92. The quantitative estimate of drug-likeness (QED) is 0.844. The Bertz CT molecular complexity index is 502. The zero-order valence-corrected chi connectivity index (χ0v) is 12.6. The molecule has 2 N–H and O–H groups in total. The van der Waals surface area contributed by atoms with Crippen molar-refractivity contribution in [1.29, 1.82) is 0 Å². The fraction of sp³-hybridized carbons (Fsp3) is 0.467.